The largest absolute Gasteiger partial charge is 0.366 e. The Hall–Kier alpha value is -3.81. The molecule has 10 heteroatoms. The van der Waals surface area contributed by atoms with Crippen molar-refractivity contribution in [3.05, 3.63) is 70.9 Å². The van der Waals surface area contributed by atoms with Gasteiger partial charge in [0, 0.05) is 44.0 Å². The molecule has 3 aromatic heterocycles. The fourth-order valence-electron chi connectivity index (χ4n) is 3.73. The molecule has 0 spiro atoms. The molecule has 1 amide bonds. The zero-order chi connectivity index (χ0) is 22.6. The Bertz CT molecular complexity index is 1300. The van der Waals surface area contributed by atoms with Gasteiger partial charge in [-0.2, -0.15) is 5.26 Å². The third-order valence-electron chi connectivity index (χ3n) is 5.33. The topological polar surface area (TPSA) is 98.0 Å². The van der Waals surface area contributed by atoms with Crippen LogP contribution in [0.2, 0.25) is 0 Å². The summed E-state index contributed by atoms with van der Waals surface area (Å²) in [4.78, 5) is 31.2. The number of para-hydroxylation sites is 2. The molecular formula is C23H19N7OS2. The molecule has 1 aromatic carbocycles. The number of amides is 1. The van der Waals surface area contributed by atoms with Gasteiger partial charge in [0.25, 0.3) is 5.91 Å². The lowest BCUT2D eigenvalue weighted by molar-refractivity contribution is 0.102. The van der Waals surface area contributed by atoms with Crippen LogP contribution in [0.1, 0.15) is 16.2 Å². The van der Waals surface area contributed by atoms with Crippen LogP contribution in [-0.2, 0) is 0 Å². The van der Waals surface area contributed by atoms with Gasteiger partial charge in [0.05, 0.1) is 16.3 Å². The lowest BCUT2D eigenvalue weighted by Gasteiger charge is -2.37. The number of nitrogens with one attached hydrogen (secondary N) is 1. The first-order chi connectivity index (χ1) is 16.2. The summed E-state index contributed by atoms with van der Waals surface area (Å²) in [6.07, 6.45) is 3.14. The number of nitrogens with zero attached hydrogens (tertiary/aromatic N) is 6. The molecule has 33 heavy (non-hydrogen) atoms. The molecule has 0 saturated carbocycles. The van der Waals surface area contributed by atoms with E-state index < -0.39 is 0 Å². The van der Waals surface area contributed by atoms with E-state index in [4.69, 9.17) is 0 Å². The van der Waals surface area contributed by atoms with E-state index in [-0.39, 0.29) is 5.91 Å². The predicted molar refractivity (Wildman–Crippen MR) is 131 cm³/mol. The highest BCUT2D eigenvalue weighted by atomic mass is 32.1. The Morgan fingerprint density at radius 3 is 2.58 bits per heavy atom. The van der Waals surface area contributed by atoms with Gasteiger partial charge in [-0.15, -0.1) is 22.7 Å². The number of piperazine rings is 1. The normalized spacial score (nSPS) is 13.5. The summed E-state index contributed by atoms with van der Waals surface area (Å²) in [6.45, 7) is 2.86. The average Bonchev–Trinajstić information content (AvgIpc) is 3.57. The summed E-state index contributed by atoms with van der Waals surface area (Å²) in [5.74, 6) is 0.393. The van der Waals surface area contributed by atoms with Crippen LogP contribution in [0.5, 0.6) is 0 Å². The van der Waals surface area contributed by atoms with Crippen LogP contribution in [0, 0.1) is 11.3 Å². The number of hydrogen-bond donors (Lipinski definition) is 1. The second-order valence-corrected chi connectivity index (χ2v) is 9.11. The predicted octanol–water partition coefficient (Wildman–Crippen LogP) is 4.11. The SMILES string of the molecule is N#Cc1nccnc1N1CCN(c2ccccc2NC(=O)c2csc(-c3cccs3)n2)CC1. The quantitative estimate of drug-likeness (QED) is 0.466. The van der Waals surface area contributed by atoms with Crippen LogP contribution in [0.3, 0.4) is 0 Å². The van der Waals surface area contributed by atoms with Gasteiger partial charge in [-0.3, -0.25) is 4.79 Å². The Morgan fingerprint density at radius 2 is 1.79 bits per heavy atom. The Balaban J connectivity index is 1.29. The van der Waals surface area contributed by atoms with E-state index >= 15 is 0 Å². The van der Waals surface area contributed by atoms with E-state index in [1.54, 1.807) is 22.9 Å². The van der Waals surface area contributed by atoms with E-state index in [0.29, 0.717) is 30.3 Å². The number of anilines is 3. The summed E-state index contributed by atoms with van der Waals surface area (Å²) in [5.41, 5.74) is 2.45. The minimum absolute atomic E-state index is 0.224. The summed E-state index contributed by atoms with van der Waals surface area (Å²) in [6, 6.07) is 13.9. The lowest BCUT2D eigenvalue weighted by atomic mass is 10.2. The van der Waals surface area contributed by atoms with Gasteiger partial charge in [-0.05, 0) is 23.6 Å². The zero-order valence-corrected chi connectivity index (χ0v) is 19.1. The van der Waals surface area contributed by atoms with Gasteiger partial charge in [0.2, 0.25) is 0 Å². The first-order valence-corrected chi connectivity index (χ1v) is 12.1. The van der Waals surface area contributed by atoms with Crippen molar-refractivity contribution < 1.29 is 4.79 Å². The number of benzene rings is 1. The molecule has 5 rings (SSSR count). The Morgan fingerprint density at radius 1 is 1.00 bits per heavy atom. The standard InChI is InChI=1S/C23H19N7OS2/c24-14-17-21(26-8-7-25-17)30-11-9-29(10-12-30)19-5-2-1-4-16(19)27-22(31)18-15-33-23(28-18)20-6-3-13-32-20/h1-8,13,15H,9-12H2,(H,27,31). The number of carbonyl (C=O) groups is 1. The van der Waals surface area contributed by atoms with Gasteiger partial charge in [0.15, 0.2) is 11.5 Å². The number of aromatic nitrogens is 3. The molecule has 164 valence electrons. The van der Waals surface area contributed by atoms with Crippen LogP contribution in [-0.4, -0.2) is 47.0 Å². The molecule has 4 heterocycles. The number of rotatable bonds is 5. The molecule has 1 N–H and O–H groups in total. The van der Waals surface area contributed by atoms with Crippen molar-refractivity contribution in [3.8, 4) is 16.0 Å². The molecule has 0 aliphatic carbocycles. The van der Waals surface area contributed by atoms with Crippen LogP contribution in [0.4, 0.5) is 17.2 Å². The smallest absolute Gasteiger partial charge is 0.275 e. The van der Waals surface area contributed by atoms with Gasteiger partial charge in [-0.1, -0.05) is 18.2 Å². The second kappa shape index (κ2) is 9.36. The summed E-state index contributed by atoms with van der Waals surface area (Å²) < 4.78 is 0. The average molecular weight is 474 g/mol. The Labute approximate surface area is 198 Å². The highest BCUT2D eigenvalue weighted by molar-refractivity contribution is 7.20. The monoisotopic (exact) mass is 473 g/mol. The Kier molecular flexibility index (Phi) is 5.97. The highest BCUT2D eigenvalue weighted by Crippen LogP contribution is 2.30. The third-order valence-corrected chi connectivity index (χ3v) is 7.21. The second-order valence-electron chi connectivity index (χ2n) is 7.30. The molecule has 1 saturated heterocycles. The minimum atomic E-state index is -0.224. The minimum Gasteiger partial charge on any atom is -0.366 e. The fourth-order valence-corrected chi connectivity index (χ4v) is 5.35. The van der Waals surface area contributed by atoms with Crippen molar-refractivity contribution >= 4 is 45.8 Å². The number of thiophene rings is 1. The molecule has 0 radical (unpaired) electrons. The summed E-state index contributed by atoms with van der Waals surface area (Å²) in [7, 11) is 0. The molecule has 1 fully saturated rings. The lowest BCUT2D eigenvalue weighted by Crippen LogP contribution is -2.47. The van der Waals surface area contributed by atoms with Crippen LogP contribution in [0.15, 0.2) is 59.6 Å². The van der Waals surface area contributed by atoms with Crippen LogP contribution in [0.25, 0.3) is 9.88 Å². The van der Waals surface area contributed by atoms with Crippen molar-refractivity contribution in [1.82, 2.24) is 15.0 Å². The van der Waals surface area contributed by atoms with Crippen molar-refractivity contribution in [3.63, 3.8) is 0 Å². The highest BCUT2D eigenvalue weighted by Gasteiger charge is 2.23. The number of hydrogen-bond acceptors (Lipinski definition) is 9. The van der Waals surface area contributed by atoms with E-state index in [9.17, 15) is 10.1 Å². The first kappa shape index (κ1) is 21.1. The number of nitriles is 1. The molecule has 0 atom stereocenters. The maximum atomic E-state index is 12.9. The van der Waals surface area contributed by atoms with E-state index in [2.05, 4.69) is 36.1 Å². The van der Waals surface area contributed by atoms with Gasteiger partial charge in [0.1, 0.15) is 16.8 Å². The maximum absolute atomic E-state index is 12.9. The van der Waals surface area contributed by atoms with E-state index in [0.717, 1.165) is 34.3 Å². The maximum Gasteiger partial charge on any atom is 0.275 e. The van der Waals surface area contributed by atoms with Crippen molar-refractivity contribution in [2.24, 2.45) is 0 Å². The molecular weight excluding hydrogens is 454 g/mol. The molecule has 1 aliphatic heterocycles. The van der Waals surface area contributed by atoms with Crippen molar-refractivity contribution in [2.45, 2.75) is 0 Å². The van der Waals surface area contributed by atoms with Crippen LogP contribution >= 0.6 is 22.7 Å². The summed E-state index contributed by atoms with van der Waals surface area (Å²) in [5, 5.41) is 17.0. The zero-order valence-electron chi connectivity index (χ0n) is 17.5. The van der Waals surface area contributed by atoms with Gasteiger partial charge in [-0.25, -0.2) is 15.0 Å². The van der Waals surface area contributed by atoms with Crippen molar-refractivity contribution in [1.29, 1.82) is 5.26 Å². The molecule has 0 unspecified atom stereocenters. The fraction of sp³-hybridized carbons (Fsp3) is 0.174. The molecule has 4 aromatic rings. The van der Waals surface area contributed by atoms with E-state index in [1.165, 1.54) is 17.5 Å². The van der Waals surface area contributed by atoms with Crippen molar-refractivity contribution in [2.75, 3.05) is 41.3 Å². The number of carbonyl (C=O) groups excluding carboxylic acids is 1. The summed E-state index contributed by atoms with van der Waals surface area (Å²) >= 11 is 3.07. The van der Waals surface area contributed by atoms with Crippen LogP contribution < -0.4 is 15.1 Å². The molecule has 8 nitrogen and oxygen atoms in total. The molecule has 0 bridgehead atoms. The van der Waals surface area contributed by atoms with E-state index in [1.807, 2.05) is 41.8 Å². The van der Waals surface area contributed by atoms with Gasteiger partial charge < -0.3 is 15.1 Å². The van der Waals surface area contributed by atoms with Gasteiger partial charge >= 0.3 is 0 Å². The molecule has 1 aliphatic rings. The third kappa shape index (κ3) is 4.41. The number of thiazole rings is 1. The first-order valence-electron chi connectivity index (χ1n) is 10.3.